The van der Waals surface area contributed by atoms with Gasteiger partial charge in [-0.3, -0.25) is 14.5 Å². The third-order valence-electron chi connectivity index (χ3n) is 6.56. The maximum atomic E-state index is 12.7. The standard InChI is InChI=1S/C27H29N3O3/c31-26(28-11-12-30-13-15-33-16-14-30)21-7-5-20(6-8-21)24-18-25(24)27(32)29-23-10-9-19-3-1-2-4-22(19)17-23/h1-10,17,24-25H,11-16,18H2,(H,28,31)(H,29,32)/t24-,25+/m0/s1. The monoisotopic (exact) mass is 443 g/mol. The maximum Gasteiger partial charge on any atom is 0.251 e. The van der Waals surface area contributed by atoms with Crippen LogP contribution in [0.15, 0.2) is 66.7 Å². The van der Waals surface area contributed by atoms with Crippen LogP contribution in [0.3, 0.4) is 0 Å². The highest BCUT2D eigenvalue weighted by Gasteiger charge is 2.43. The second kappa shape index (κ2) is 9.73. The predicted molar refractivity (Wildman–Crippen MR) is 129 cm³/mol. The molecule has 3 aromatic carbocycles. The van der Waals surface area contributed by atoms with E-state index in [1.54, 1.807) is 0 Å². The van der Waals surface area contributed by atoms with Gasteiger partial charge in [-0.2, -0.15) is 0 Å². The van der Waals surface area contributed by atoms with E-state index >= 15 is 0 Å². The lowest BCUT2D eigenvalue weighted by atomic mass is 10.1. The molecule has 2 atom stereocenters. The number of carbonyl (C=O) groups is 2. The third-order valence-corrected chi connectivity index (χ3v) is 6.56. The summed E-state index contributed by atoms with van der Waals surface area (Å²) in [5, 5.41) is 8.32. The molecule has 0 unspecified atom stereocenters. The lowest BCUT2D eigenvalue weighted by Gasteiger charge is -2.26. The van der Waals surface area contributed by atoms with Gasteiger partial charge in [-0.05, 0) is 52.9 Å². The lowest BCUT2D eigenvalue weighted by Crippen LogP contribution is -2.41. The number of anilines is 1. The van der Waals surface area contributed by atoms with Crippen LogP contribution < -0.4 is 10.6 Å². The van der Waals surface area contributed by atoms with Crippen LogP contribution in [0.5, 0.6) is 0 Å². The number of carbonyl (C=O) groups excluding carboxylic acids is 2. The molecule has 6 nitrogen and oxygen atoms in total. The van der Waals surface area contributed by atoms with Crippen molar-refractivity contribution in [1.82, 2.24) is 10.2 Å². The Labute approximate surface area is 193 Å². The number of nitrogens with one attached hydrogen (secondary N) is 2. The van der Waals surface area contributed by atoms with Crippen LogP contribution in [0.25, 0.3) is 10.8 Å². The van der Waals surface area contributed by atoms with Gasteiger partial charge in [0.15, 0.2) is 0 Å². The number of nitrogens with zero attached hydrogens (tertiary/aromatic N) is 1. The smallest absolute Gasteiger partial charge is 0.251 e. The van der Waals surface area contributed by atoms with Gasteiger partial charge in [-0.25, -0.2) is 0 Å². The number of hydrogen-bond acceptors (Lipinski definition) is 4. The lowest BCUT2D eigenvalue weighted by molar-refractivity contribution is -0.117. The van der Waals surface area contributed by atoms with Gasteiger partial charge in [-0.15, -0.1) is 0 Å². The number of rotatable bonds is 7. The molecule has 3 aromatic rings. The summed E-state index contributed by atoms with van der Waals surface area (Å²) in [6.07, 6.45) is 0.838. The molecule has 0 aromatic heterocycles. The van der Waals surface area contributed by atoms with E-state index in [0.717, 1.165) is 61.3 Å². The van der Waals surface area contributed by atoms with E-state index < -0.39 is 0 Å². The Hall–Kier alpha value is -3.22. The number of ether oxygens (including phenoxy) is 1. The second-order valence-electron chi connectivity index (χ2n) is 8.83. The molecular formula is C27H29N3O3. The first-order chi connectivity index (χ1) is 16.2. The van der Waals surface area contributed by atoms with Crippen molar-refractivity contribution >= 4 is 28.3 Å². The van der Waals surface area contributed by atoms with Gasteiger partial charge in [0.25, 0.3) is 5.91 Å². The Morgan fingerprint density at radius 1 is 0.939 bits per heavy atom. The van der Waals surface area contributed by atoms with Gasteiger partial charge < -0.3 is 15.4 Å². The minimum Gasteiger partial charge on any atom is -0.379 e. The molecule has 0 spiro atoms. The number of amides is 2. The summed E-state index contributed by atoms with van der Waals surface area (Å²) in [4.78, 5) is 27.5. The van der Waals surface area contributed by atoms with Gasteiger partial charge in [0.1, 0.15) is 0 Å². The zero-order chi connectivity index (χ0) is 22.6. The first-order valence-electron chi connectivity index (χ1n) is 11.7. The van der Waals surface area contributed by atoms with Crippen molar-refractivity contribution < 1.29 is 14.3 Å². The van der Waals surface area contributed by atoms with Crippen LogP contribution in [0.2, 0.25) is 0 Å². The van der Waals surface area contributed by atoms with E-state index in [1.165, 1.54) is 0 Å². The average molecular weight is 444 g/mol. The first kappa shape index (κ1) is 21.6. The summed E-state index contributed by atoms with van der Waals surface area (Å²) in [5.41, 5.74) is 2.59. The number of hydrogen-bond donors (Lipinski definition) is 2. The van der Waals surface area contributed by atoms with Crippen molar-refractivity contribution in [2.75, 3.05) is 44.7 Å². The summed E-state index contributed by atoms with van der Waals surface area (Å²) in [5.74, 6) is 0.185. The normalized spacial score (nSPS) is 20.4. The summed E-state index contributed by atoms with van der Waals surface area (Å²) in [7, 11) is 0. The molecule has 5 rings (SSSR count). The van der Waals surface area contributed by atoms with Crippen LogP contribution >= 0.6 is 0 Å². The molecule has 2 aliphatic rings. The largest absolute Gasteiger partial charge is 0.379 e. The Morgan fingerprint density at radius 2 is 1.70 bits per heavy atom. The Bertz CT molecular complexity index is 1140. The summed E-state index contributed by atoms with van der Waals surface area (Å²) >= 11 is 0. The van der Waals surface area contributed by atoms with Crippen LogP contribution in [-0.4, -0.2) is 56.1 Å². The molecule has 2 amide bonds. The highest BCUT2D eigenvalue weighted by Crippen LogP contribution is 2.48. The number of fused-ring (bicyclic) bond motifs is 1. The van der Waals surface area contributed by atoms with Crippen molar-refractivity contribution in [2.24, 2.45) is 5.92 Å². The van der Waals surface area contributed by atoms with E-state index in [4.69, 9.17) is 4.74 Å². The van der Waals surface area contributed by atoms with E-state index in [2.05, 4.69) is 21.6 Å². The van der Waals surface area contributed by atoms with Crippen LogP contribution in [0, 0.1) is 5.92 Å². The van der Waals surface area contributed by atoms with Crippen molar-refractivity contribution in [3.05, 3.63) is 77.9 Å². The molecule has 0 radical (unpaired) electrons. The zero-order valence-electron chi connectivity index (χ0n) is 18.6. The Morgan fingerprint density at radius 3 is 2.48 bits per heavy atom. The molecule has 0 bridgehead atoms. The van der Waals surface area contributed by atoms with Crippen LogP contribution in [0.1, 0.15) is 28.3 Å². The first-order valence-corrected chi connectivity index (χ1v) is 11.7. The van der Waals surface area contributed by atoms with Crippen molar-refractivity contribution in [3.8, 4) is 0 Å². The fraction of sp³-hybridized carbons (Fsp3) is 0.333. The van der Waals surface area contributed by atoms with Gasteiger partial charge in [0.05, 0.1) is 13.2 Å². The number of benzene rings is 3. The van der Waals surface area contributed by atoms with Crippen molar-refractivity contribution in [1.29, 1.82) is 0 Å². The summed E-state index contributed by atoms with van der Waals surface area (Å²) in [6, 6.07) is 21.8. The molecule has 1 aliphatic carbocycles. The quantitative estimate of drug-likeness (QED) is 0.585. The molecule has 2 N–H and O–H groups in total. The molecule has 1 heterocycles. The highest BCUT2D eigenvalue weighted by atomic mass is 16.5. The Kier molecular flexibility index (Phi) is 6.37. The van der Waals surface area contributed by atoms with E-state index in [0.29, 0.717) is 12.1 Å². The highest BCUT2D eigenvalue weighted by molar-refractivity contribution is 5.98. The van der Waals surface area contributed by atoms with Gasteiger partial charge in [-0.1, -0.05) is 42.5 Å². The minimum absolute atomic E-state index is 0.0235. The van der Waals surface area contributed by atoms with Crippen LogP contribution in [0.4, 0.5) is 5.69 Å². The van der Waals surface area contributed by atoms with E-state index in [-0.39, 0.29) is 23.7 Å². The maximum absolute atomic E-state index is 12.7. The van der Waals surface area contributed by atoms with E-state index in [1.807, 2.05) is 60.7 Å². The van der Waals surface area contributed by atoms with Crippen LogP contribution in [-0.2, 0) is 9.53 Å². The SMILES string of the molecule is O=C(NCCN1CCOCC1)c1ccc([C@@H]2C[C@H]2C(=O)Nc2ccc3ccccc3c2)cc1. The number of morpholine rings is 1. The second-order valence-corrected chi connectivity index (χ2v) is 8.83. The predicted octanol–water partition coefficient (Wildman–Crippen LogP) is 3.64. The van der Waals surface area contributed by atoms with Gasteiger partial charge >= 0.3 is 0 Å². The van der Waals surface area contributed by atoms with Crippen molar-refractivity contribution in [3.63, 3.8) is 0 Å². The molecule has 170 valence electrons. The fourth-order valence-electron chi connectivity index (χ4n) is 4.49. The molecule has 1 saturated carbocycles. The zero-order valence-corrected chi connectivity index (χ0v) is 18.6. The molecule has 33 heavy (non-hydrogen) atoms. The Balaban J connectivity index is 1.11. The van der Waals surface area contributed by atoms with Gasteiger partial charge in [0.2, 0.25) is 5.91 Å². The molecule has 2 fully saturated rings. The van der Waals surface area contributed by atoms with Gasteiger partial charge in [0, 0.05) is 43.3 Å². The minimum atomic E-state index is -0.0591. The molecular weight excluding hydrogens is 414 g/mol. The topological polar surface area (TPSA) is 70.7 Å². The van der Waals surface area contributed by atoms with Crippen molar-refractivity contribution in [2.45, 2.75) is 12.3 Å². The third kappa shape index (κ3) is 5.24. The summed E-state index contributed by atoms with van der Waals surface area (Å²) < 4.78 is 5.35. The molecule has 6 heteroatoms. The molecule has 1 saturated heterocycles. The van der Waals surface area contributed by atoms with E-state index in [9.17, 15) is 9.59 Å². The summed E-state index contributed by atoms with van der Waals surface area (Å²) in [6.45, 7) is 4.82. The molecule has 1 aliphatic heterocycles. The average Bonchev–Trinajstić information content (AvgIpc) is 3.66. The fourth-order valence-corrected chi connectivity index (χ4v) is 4.49.